The molecule has 0 saturated carbocycles. The van der Waals surface area contributed by atoms with Crippen LogP contribution in [0.4, 0.5) is 0 Å². The Kier molecular flexibility index (Phi) is 8.98. The summed E-state index contributed by atoms with van der Waals surface area (Å²) in [6.07, 6.45) is -0.373. The van der Waals surface area contributed by atoms with Gasteiger partial charge in [-0.3, -0.25) is 0 Å². The number of ether oxygens (including phenoxy) is 4. The topological polar surface area (TPSA) is 71.1 Å². The average molecular weight is 585 g/mol. The van der Waals surface area contributed by atoms with Gasteiger partial charge in [0.15, 0.2) is 0 Å². The molecular formula is C38H32O6. The van der Waals surface area contributed by atoms with Gasteiger partial charge >= 0.3 is 11.9 Å². The molecule has 5 aromatic carbocycles. The van der Waals surface area contributed by atoms with Crippen molar-refractivity contribution in [2.24, 2.45) is 0 Å². The van der Waals surface area contributed by atoms with E-state index in [1.54, 1.807) is 48.5 Å². The highest BCUT2D eigenvalue weighted by Gasteiger charge is 2.34. The van der Waals surface area contributed by atoms with Gasteiger partial charge in [0.2, 0.25) is 0 Å². The molecule has 0 heterocycles. The van der Waals surface area contributed by atoms with Crippen molar-refractivity contribution in [3.05, 3.63) is 167 Å². The Hall–Kier alpha value is -5.36. The van der Waals surface area contributed by atoms with E-state index in [9.17, 15) is 9.59 Å². The Morgan fingerprint density at radius 1 is 0.477 bits per heavy atom. The monoisotopic (exact) mass is 584 g/mol. The summed E-state index contributed by atoms with van der Waals surface area (Å²) in [7, 11) is 0. The summed E-state index contributed by atoms with van der Waals surface area (Å²) in [5.41, 5.74) is 5.05. The maximum atomic E-state index is 13.2. The molecule has 0 bridgehead atoms. The van der Waals surface area contributed by atoms with Crippen LogP contribution >= 0.6 is 0 Å². The summed E-state index contributed by atoms with van der Waals surface area (Å²) in [6.45, 7) is 0.866. The molecule has 1 aliphatic carbocycles. The Balaban J connectivity index is 1.09. The maximum absolute atomic E-state index is 13.2. The second-order valence-corrected chi connectivity index (χ2v) is 10.7. The van der Waals surface area contributed by atoms with Crippen molar-refractivity contribution in [3.8, 4) is 11.5 Å². The molecule has 44 heavy (non-hydrogen) atoms. The summed E-state index contributed by atoms with van der Waals surface area (Å²) in [5.74, 6) is 0.343. The molecule has 0 radical (unpaired) electrons. The third-order valence-electron chi connectivity index (χ3n) is 7.57. The molecule has 0 aliphatic heterocycles. The number of hydrogen-bond donors (Lipinski definition) is 0. The minimum Gasteiger partial charge on any atom is -0.489 e. The van der Waals surface area contributed by atoms with Crippen molar-refractivity contribution < 1.29 is 28.5 Å². The SMILES string of the molecule is O=C(O[C@H]1Cc2ccccc2C[C@H]1OC(=O)c1ccc(OCc2ccccc2)cc1)c1ccc(OCc2ccccc2)cc1. The Morgan fingerprint density at radius 3 is 1.23 bits per heavy atom. The van der Waals surface area contributed by atoms with Crippen LogP contribution in [0.2, 0.25) is 0 Å². The van der Waals surface area contributed by atoms with E-state index in [4.69, 9.17) is 18.9 Å². The van der Waals surface area contributed by atoms with Crippen molar-refractivity contribution >= 4 is 11.9 Å². The van der Waals surface area contributed by atoms with Gasteiger partial charge in [0.1, 0.15) is 36.9 Å². The van der Waals surface area contributed by atoms with E-state index in [1.807, 2.05) is 84.9 Å². The van der Waals surface area contributed by atoms with E-state index >= 15 is 0 Å². The lowest BCUT2D eigenvalue weighted by molar-refractivity contribution is -0.0389. The first-order chi connectivity index (χ1) is 21.6. The maximum Gasteiger partial charge on any atom is 0.338 e. The highest BCUT2D eigenvalue weighted by Crippen LogP contribution is 2.28. The molecule has 2 atom stereocenters. The molecule has 0 spiro atoms. The number of fused-ring (bicyclic) bond motifs is 1. The normalized spacial score (nSPS) is 15.5. The first-order valence-corrected chi connectivity index (χ1v) is 14.6. The fourth-order valence-corrected chi connectivity index (χ4v) is 5.15. The lowest BCUT2D eigenvalue weighted by atomic mass is 9.87. The minimum absolute atomic E-state index is 0.395. The number of benzene rings is 5. The number of hydrogen-bond acceptors (Lipinski definition) is 6. The number of carbonyl (C=O) groups is 2. The van der Waals surface area contributed by atoms with Crippen LogP contribution in [-0.4, -0.2) is 24.1 Å². The quantitative estimate of drug-likeness (QED) is 0.159. The van der Waals surface area contributed by atoms with Crippen LogP contribution in [0.5, 0.6) is 11.5 Å². The zero-order valence-electron chi connectivity index (χ0n) is 24.1. The smallest absolute Gasteiger partial charge is 0.338 e. The van der Waals surface area contributed by atoms with Crippen LogP contribution in [0, 0.1) is 0 Å². The Labute approximate surface area is 256 Å². The molecule has 1 aliphatic rings. The largest absolute Gasteiger partial charge is 0.489 e. The zero-order valence-corrected chi connectivity index (χ0v) is 24.1. The van der Waals surface area contributed by atoms with Crippen molar-refractivity contribution in [2.45, 2.75) is 38.3 Å². The van der Waals surface area contributed by atoms with E-state index in [0.29, 0.717) is 48.7 Å². The average Bonchev–Trinajstić information content (AvgIpc) is 3.08. The van der Waals surface area contributed by atoms with Gasteiger partial charge in [-0.2, -0.15) is 0 Å². The van der Waals surface area contributed by atoms with E-state index < -0.39 is 24.1 Å². The van der Waals surface area contributed by atoms with E-state index in [1.165, 1.54) is 0 Å². The van der Waals surface area contributed by atoms with Crippen LogP contribution in [0.15, 0.2) is 133 Å². The van der Waals surface area contributed by atoms with Crippen LogP contribution < -0.4 is 9.47 Å². The molecule has 6 nitrogen and oxygen atoms in total. The second-order valence-electron chi connectivity index (χ2n) is 10.7. The van der Waals surface area contributed by atoms with Crippen LogP contribution in [0.25, 0.3) is 0 Å². The van der Waals surface area contributed by atoms with E-state index in [2.05, 4.69) is 0 Å². The van der Waals surface area contributed by atoms with Crippen LogP contribution in [0.1, 0.15) is 43.0 Å². The predicted octanol–water partition coefficient (Wildman–Crippen LogP) is 7.39. The van der Waals surface area contributed by atoms with Gasteiger partial charge in [0, 0.05) is 12.8 Å². The van der Waals surface area contributed by atoms with Crippen molar-refractivity contribution in [1.82, 2.24) is 0 Å². The Bertz CT molecular complexity index is 1550. The van der Waals surface area contributed by atoms with Gasteiger partial charge in [0.05, 0.1) is 11.1 Å². The lowest BCUT2D eigenvalue weighted by Crippen LogP contribution is -2.41. The fraction of sp³-hybridized carbons (Fsp3) is 0.158. The molecule has 0 unspecified atom stereocenters. The predicted molar refractivity (Wildman–Crippen MR) is 167 cm³/mol. The van der Waals surface area contributed by atoms with Gasteiger partial charge < -0.3 is 18.9 Å². The molecule has 0 saturated heterocycles. The van der Waals surface area contributed by atoms with Crippen molar-refractivity contribution in [1.29, 1.82) is 0 Å². The van der Waals surface area contributed by atoms with Crippen LogP contribution in [-0.2, 0) is 35.5 Å². The molecule has 220 valence electrons. The standard InChI is InChI=1S/C38H32O6/c39-37(29-15-19-33(20-16-29)41-25-27-9-3-1-4-10-27)43-35-23-31-13-7-8-14-32(31)24-36(35)44-38(40)30-17-21-34(22-18-30)42-26-28-11-5-2-6-12-28/h1-22,35-36H,23-26H2/t35-,36+. The molecule has 0 N–H and O–H groups in total. The van der Waals surface area contributed by atoms with Crippen molar-refractivity contribution in [2.75, 3.05) is 0 Å². The minimum atomic E-state index is -0.635. The molecule has 5 aromatic rings. The first kappa shape index (κ1) is 28.7. The second kappa shape index (κ2) is 13.7. The molecule has 6 rings (SSSR count). The Morgan fingerprint density at radius 2 is 0.841 bits per heavy atom. The molecule has 0 amide bonds. The highest BCUT2D eigenvalue weighted by atomic mass is 16.6. The first-order valence-electron chi connectivity index (χ1n) is 14.6. The van der Waals surface area contributed by atoms with Gasteiger partial charge in [-0.1, -0.05) is 84.9 Å². The van der Waals surface area contributed by atoms with E-state index in [-0.39, 0.29) is 0 Å². The van der Waals surface area contributed by atoms with Gasteiger partial charge in [0.25, 0.3) is 0 Å². The summed E-state index contributed by atoms with van der Waals surface area (Å²) in [4.78, 5) is 26.4. The number of rotatable bonds is 10. The number of esters is 2. The van der Waals surface area contributed by atoms with Gasteiger partial charge in [-0.25, -0.2) is 9.59 Å². The summed E-state index contributed by atoms with van der Waals surface area (Å²) in [5, 5.41) is 0. The zero-order chi connectivity index (χ0) is 30.1. The highest BCUT2D eigenvalue weighted by molar-refractivity contribution is 5.90. The van der Waals surface area contributed by atoms with Crippen LogP contribution in [0.3, 0.4) is 0 Å². The third-order valence-corrected chi connectivity index (χ3v) is 7.57. The molecule has 6 heteroatoms. The fourth-order valence-electron chi connectivity index (χ4n) is 5.15. The van der Waals surface area contributed by atoms with Gasteiger partial charge in [-0.15, -0.1) is 0 Å². The van der Waals surface area contributed by atoms with Gasteiger partial charge in [-0.05, 0) is 70.8 Å². The van der Waals surface area contributed by atoms with E-state index in [0.717, 1.165) is 22.3 Å². The third kappa shape index (κ3) is 7.34. The summed E-state index contributed by atoms with van der Waals surface area (Å²) >= 11 is 0. The molecule has 0 aromatic heterocycles. The lowest BCUT2D eigenvalue weighted by Gasteiger charge is -2.32. The molecular weight excluding hydrogens is 552 g/mol. The number of carbonyl (C=O) groups excluding carboxylic acids is 2. The van der Waals surface area contributed by atoms with Crippen molar-refractivity contribution in [3.63, 3.8) is 0 Å². The summed E-state index contributed by atoms with van der Waals surface area (Å²) in [6, 6.07) is 41.4. The summed E-state index contributed by atoms with van der Waals surface area (Å²) < 4.78 is 23.6. The molecule has 0 fully saturated rings.